The lowest BCUT2D eigenvalue weighted by Crippen LogP contribution is -2.88. The summed E-state index contributed by atoms with van der Waals surface area (Å²) < 4.78 is 0. The third-order valence-electron chi connectivity index (χ3n) is 4.32. The third-order valence-corrected chi connectivity index (χ3v) is 4.32. The van der Waals surface area contributed by atoms with Crippen LogP contribution in [0, 0.1) is 17.2 Å². The molecule has 130 valence electrons. The Kier molecular flexibility index (Phi) is 6.73. The Balaban J connectivity index is 1.98. The molecule has 0 unspecified atom stereocenters. The molecule has 2 aromatic carbocycles. The molecule has 4 nitrogen and oxygen atoms in total. The Labute approximate surface area is 149 Å². The van der Waals surface area contributed by atoms with Gasteiger partial charge in [-0.15, -0.1) is 0 Å². The number of nitrogens with zero attached hydrogens (tertiary/aromatic N) is 1. The number of aryl methyl sites for hydroxylation is 1. The number of amides is 1. The minimum atomic E-state index is -0.0640. The molecule has 0 fully saturated rings. The molecule has 0 heterocycles. The van der Waals surface area contributed by atoms with Crippen molar-refractivity contribution in [2.75, 3.05) is 11.9 Å². The Bertz CT molecular complexity index is 744. The molecule has 0 aromatic heterocycles. The van der Waals surface area contributed by atoms with Crippen molar-refractivity contribution >= 4 is 11.6 Å². The van der Waals surface area contributed by atoms with Gasteiger partial charge in [0, 0.05) is 17.2 Å². The first-order valence-electron chi connectivity index (χ1n) is 8.75. The summed E-state index contributed by atoms with van der Waals surface area (Å²) in [4.78, 5) is 12.2. The summed E-state index contributed by atoms with van der Waals surface area (Å²) in [6.45, 7) is 6.83. The van der Waals surface area contributed by atoms with Gasteiger partial charge in [0.2, 0.25) is 0 Å². The highest BCUT2D eigenvalue weighted by Gasteiger charge is 2.20. The van der Waals surface area contributed by atoms with Crippen LogP contribution in [0.1, 0.15) is 43.5 Å². The van der Waals surface area contributed by atoms with Crippen LogP contribution in [0.5, 0.6) is 0 Å². The van der Waals surface area contributed by atoms with Crippen LogP contribution in [0.15, 0.2) is 48.5 Å². The third kappa shape index (κ3) is 5.44. The smallest absolute Gasteiger partial charge is 0.279 e. The molecule has 2 aromatic rings. The van der Waals surface area contributed by atoms with Crippen molar-refractivity contribution in [3.63, 3.8) is 0 Å². The molecule has 1 atom stereocenters. The molecule has 0 aliphatic rings. The first kappa shape index (κ1) is 18.7. The van der Waals surface area contributed by atoms with Gasteiger partial charge in [-0.2, -0.15) is 5.26 Å². The predicted octanol–water partition coefficient (Wildman–Crippen LogP) is 3.02. The number of anilines is 1. The second kappa shape index (κ2) is 9.00. The molecule has 0 radical (unpaired) electrons. The highest BCUT2D eigenvalue weighted by molar-refractivity contribution is 5.91. The maximum Gasteiger partial charge on any atom is 0.279 e. The SMILES string of the molecule is CCc1ccc([C@H]([NH2+]CC(=O)Nc2cccc(C#N)c2)C(C)C)cc1. The maximum atomic E-state index is 12.2. The molecule has 0 bridgehead atoms. The molecule has 0 saturated heterocycles. The molecule has 2 rings (SSSR count). The Morgan fingerprint density at radius 3 is 2.52 bits per heavy atom. The summed E-state index contributed by atoms with van der Waals surface area (Å²) in [6.07, 6.45) is 1.03. The molecule has 4 heteroatoms. The quantitative estimate of drug-likeness (QED) is 0.816. The Hall–Kier alpha value is -2.64. The Morgan fingerprint density at radius 1 is 1.20 bits per heavy atom. The van der Waals surface area contributed by atoms with Crippen molar-refractivity contribution in [2.24, 2.45) is 5.92 Å². The highest BCUT2D eigenvalue weighted by atomic mass is 16.1. The average Bonchev–Trinajstić information content (AvgIpc) is 2.62. The number of hydrogen-bond donors (Lipinski definition) is 2. The molecule has 0 saturated carbocycles. The van der Waals surface area contributed by atoms with E-state index in [4.69, 9.17) is 5.26 Å². The molecule has 1 amide bonds. The molecule has 25 heavy (non-hydrogen) atoms. The van der Waals surface area contributed by atoms with Gasteiger partial charge in [0.1, 0.15) is 6.04 Å². The van der Waals surface area contributed by atoms with Gasteiger partial charge in [0.25, 0.3) is 5.91 Å². The van der Waals surface area contributed by atoms with Gasteiger partial charge >= 0.3 is 0 Å². The van der Waals surface area contributed by atoms with Crippen molar-refractivity contribution in [1.82, 2.24) is 0 Å². The molecule has 3 N–H and O–H groups in total. The van der Waals surface area contributed by atoms with E-state index in [-0.39, 0.29) is 11.9 Å². The Morgan fingerprint density at radius 2 is 1.92 bits per heavy atom. The second-order valence-corrected chi connectivity index (χ2v) is 6.55. The minimum absolute atomic E-state index is 0.0640. The fraction of sp³-hybridized carbons (Fsp3) is 0.333. The number of carbonyl (C=O) groups excluding carboxylic acids is 1. The summed E-state index contributed by atoms with van der Waals surface area (Å²) in [5, 5.41) is 13.9. The number of quaternary nitrogens is 1. The van der Waals surface area contributed by atoms with Crippen LogP contribution in [-0.4, -0.2) is 12.5 Å². The van der Waals surface area contributed by atoms with Crippen LogP contribution in [0.4, 0.5) is 5.69 Å². The van der Waals surface area contributed by atoms with Crippen LogP contribution < -0.4 is 10.6 Å². The lowest BCUT2D eigenvalue weighted by Gasteiger charge is -2.20. The van der Waals surface area contributed by atoms with Crippen molar-refractivity contribution in [3.05, 3.63) is 65.2 Å². The van der Waals surface area contributed by atoms with E-state index in [9.17, 15) is 4.79 Å². The molecule has 0 aliphatic heterocycles. The van der Waals surface area contributed by atoms with Crippen LogP contribution in [-0.2, 0) is 11.2 Å². The van der Waals surface area contributed by atoms with E-state index in [2.05, 4.69) is 61.7 Å². The minimum Gasteiger partial charge on any atom is -0.332 e. The lowest BCUT2D eigenvalue weighted by molar-refractivity contribution is -0.692. The molecular weight excluding hydrogens is 310 g/mol. The maximum absolute atomic E-state index is 12.2. The van der Waals surface area contributed by atoms with Gasteiger partial charge in [0.05, 0.1) is 11.6 Å². The van der Waals surface area contributed by atoms with Crippen LogP contribution in [0.2, 0.25) is 0 Å². The number of nitrogens with one attached hydrogen (secondary N) is 1. The number of nitriles is 1. The largest absolute Gasteiger partial charge is 0.332 e. The fourth-order valence-electron chi connectivity index (χ4n) is 2.88. The first-order valence-corrected chi connectivity index (χ1v) is 8.75. The normalized spacial score (nSPS) is 11.8. The molecule has 0 aliphatic carbocycles. The van der Waals surface area contributed by atoms with E-state index in [1.165, 1.54) is 11.1 Å². The lowest BCUT2D eigenvalue weighted by atomic mass is 9.95. The summed E-state index contributed by atoms with van der Waals surface area (Å²) in [6, 6.07) is 17.9. The van der Waals surface area contributed by atoms with Gasteiger partial charge in [0.15, 0.2) is 6.54 Å². The number of nitrogens with two attached hydrogens (primary N) is 1. The van der Waals surface area contributed by atoms with Crippen molar-refractivity contribution in [3.8, 4) is 6.07 Å². The van der Waals surface area contributed by atoms with Gasteiger partial charge in [-0.05, 0) is 30.2 Å². The van der Waals surface area contributed by atoms with E-state index in [1.54, 1.807) is 24.3 Å². The van der Waals surface area contributed by atoms with Crippen molar-refractivity contribution < 1.29 is 10.1 Å². The van der Waals surface area contributed by atoms with E-state index in [0.717, 1.165) is 6.42 Å². The summed E-state index contributed by atoms with van der Waals surface area (Å²) >= 11 is 0. The van der Waals surface area contributed by atoms with Gasteiger partial charge in [-0.25, -0.2) is 0 Å². The van der Waals surface area contributed by atoms with Gasteiger partial charge in [-0.3, -0.25) is 4.79 Å². The predicted molar refractivity (Wildman–Crippen MR) is 100.0 cm³/mol. The molecular formula is C21H26N3O+. The van der Waals surface area contributed by atoms with Gasteiger partial charge < -0.3 is 10.6 Å². The van der Waals surface area contributed by atoms with Crippen molar-refractivity contribution in [2.45, 2.75) is 33.2 Å². The summed E-state index contributed by atoms with van der Waals surface area (Å²) in [7, 11) is 0. The summed E-state index contributed by atoms with van der Waals surface area (Å²) in [5.74, 6) is 0.355. The van der Waals surface area contributed by atoms with Crippen LogP contribution >= 0.6 is 0 Å². The standard InChI is InChI=1S/C21H25N3O/c1-4-16-8-10-18(11-9-16)21(15(2)3)23-14-20(25)24-19-7-5-6-17(12-19)13-22/h5-12,15,21,23H,4,14H2,1-3H3,(H,24,25)/p+1/t21-/m1/s1. The number of carbonyl (C=O) groups is 1. The highest BCUT2D eigenvalue weighted by Crippen LogP contribution is 2.18. The van der Waals surface area contributed by atoms with E-state index in [0.29, 0.717) is 23.7 Å². The van der Waals surface area contributed by atoms with Crippen molar-refractivity contribution in [1.29, 1.82) is 5.26 Å². The number of benzene rings is 2. The van der Waals surface area contributed by atoms with E-state index < -0.39 is 0 Å². The molecule has 0 spiro atoms. The number of hydrogen-bond acceptors (Lipinski definition) is 2. The average molecular weight is 336 g/mol. The first-order chi connectivity index (χ1) is 12.0. The second-order valence-electron chi connectivity index (χ2n) is 6.55. The van der Waals surface area contributed by atoms with Crippen LogP contribution in [0.3, 0.4) is 0 Å². The number of rotatable bonds is 7. The fourth-order valence-corrected chi connectivity index (χ4v) is 2.88. The van der Waals surface area contributed by atoms with Crippen LogP contribution in [0.25, 0.3) is 0 Å². The zero-order valence-corrected chi connectivity index (χ0v) is 15.1. The zero-order valence-electron chi connectivity index (χ0n) is 15.1. The monoisotopic (exact) mass is 336 g/mol. The van der Waals surface area contributed by atoms with E-state index in [1.807, 2.05) is 0 Å². The topological polar surface area (TPSA) is 69.5 Å². The van der Waals surface area contributed by atoms with E-state index >= 15 is 0 Å². The summed E-state index contributed by atoms with van der Waals surface area (Å²) in [5.41, 5.74) is 3.76. The zero-order chi connectivity index (χ0) is 18.2. The van der Waals surface area contributed by atoms with Gasteiger partial charge in [-0.1, -0.05) is 51.1 Å².